The maximum absolute atomic E-state index is 13.0. The number of carbonyl (C=O) groups excluding carboxylic acids is 1. The zero-order valence-electron chi connectivity index (χ0n) is 17.2. The van der Waals surface area contributed by atoms with E-state index in [9.17, 15) is 4.79 Å². The van der Waals surface area contributed by atoms with E-state index in [0.29, 0.717) is 60.8 Å². The molecule has 0 radical (unpaired) electrons. The van der Waals surface area contributed by atoms with E-state index in [-0.39, 0.29) is 5.91 Å². The van der Waals surface area contributed by atoms with Gasteiger partial charge in [-0.05, 0) is 30.3 Å². The topological polar surface area (TPSA) is 67.8 Å². The second kappa shape index (κ2) is 9.66. The molecule has 0 spiro atoms. The fourth-order valence-corrected chi connectivity index (χ4v) is 3.63. The fourth-order valence-electron chi connectivity index (χ4n) is 3.44. The SMILES string of the molecule is COc1cc(C(=O)N2CCN(c3ncccn3)CC2)ccc1OCc1ccccc1Cl. The van der Waals surface area contributed by atoms with Crippen LogP contribution in [0.25, 0.3) is 0 Å². The molecule has 0 N–H and O–H groups in total. The number of hydrogen-bond donors (Lipinski definition) is 0. The zero-order valence-corrected chi connectivity index (χ0v) is 18.0. The molecule has 0 saturated carbocycles. The second-order valence-corrected chi connectivity index (χ2v) is 7.48. The maximum atomic E-state index is 13.0. The van der Waals surface area contributed by atoms with E-state index in [2.05, 4.69) is 14.9 Å². The van der Waals surface area contributed by atoms with Crippen molar-refractivity contribution in [2.75, 3.05) is 38.2 Å². The quantitative estimate of drug-likeness (QED) is 0.584. The van der Waals surface area contributed by atoms with Crippen molar-refractivity contribution >= 4 is 23.5 Å². The predicted octanol–water partition coefficient (Wildman–Crippen LogP) is 3.68. The molecule has 4 rings (SSSR count). The summed E-state index contributed by atoms with van der Waals surface area (Å²) in [5, 5.41) is 0.647. The van der Waals surface area contributed by atoms with E-state index in [4.69, 9.17) is 21.1 Å². The van der Waals surface area contributed by atoms with Gasteiger partial charge in [0.2, 0.25) is 5.95 Å². The Morgan fingerprint density at radius 2 is 1.74 bits per heavy atom. The number of halogens is 1. The standard InChI is InChI=1S/C23H23ClN4O3/c1-30-21-15-17(7-8-20(21)31-16-18-5-2-3-6-19(18)24)22(29)27-11-13-28(14-12-27)23-25-9-4-10-26-23/h2-10,15H,11-14,16H2,1H3. The Labute approximate surface area is 186 Å². The molecule has 2 aromatic carbocycles. The average molecular weight is 439 g/mol. The van der Waals surface area contributed by atoms with Gasteiger partial charge in [0.15, 0.2) is 11.5 Å². The summed E-state index contributed by atoms with van der Waals surface area (Å²) in [7, 11) is 1.56. The molecule has 0 unspecified atom stereocenters. The minimum Gasteiger partial charge on any atom is -0.493 e. The predicted molar refractivity (Wildman–Crippen MR) is 119 cm³/mol. The van der Waals surface area contributed by atoms with E-state index in [1.165, 1.54) is 0 Å². The third-order valence-corrected chi connectivity index (χ3v) is 5.52. The number of carbonyl (C=O) groups is 1. The van der Waals surface area contributed by atoms with Gasteiger partial charge >= 0.3 is 0 Å². The van der Waals surface area contributed by atoms with Crippen molar-refractivity contribution in [3.05, 3.63) is 77.1 Å². The highest BCUT2D eigenvalue weighted by Gasteiger charge is 2.24. The number of nitrogens with zero attached hydrogens (tertiary/aromatic N) is 4. The van der Waals surface area contributed by atoms with E-state index in [0.717, 1.165) is 5.56 Å². The van der Waals surface area contributed by atoms with Gasteiger partial charge in [0, 0.05) is 54.7 Å². The van der Waals surface area contributed by atoms with Crippen molar-refractivity contribution < 1.29 is 14.3 Å². The number of amides is 1. The third kappa shape index (κ3) is 4.88. The van der Waals surface area contributed by atoms with Gasteiger partial charge in [-0.1, -0.05) is 29.8 Å². The maximum Gasteiger partial charge on any atom is 0.254 e. The smallest absolute Gasteiger partial charge is 0.254 e. The summed E-state index contributed by atoms with van der Waals surface area (Å²) >= 11 is 6.19. The summed E-state index contributed by atoms with van der Waals surface area (Å²) in [6.45, 7) is 2.89. The van der Waals surface area contributed by atoms with Gasteiger partial charge in [0.1, 0.15) is 6.61 Å². The lowest BCUT2D eigenvalue weighted by molar-refractivity contribution is 0.0745. The van der Waals surface area contributed by atoms with Gasteiger partial charge in [-0.15, -0.1) is 0 Å². The van der Waals surface area contributed by atoms with Gasteiger partial charge in [0.25, 0.3) is 5.91 Å². The third-order valence-electron chi connectivity index (χ3n) is 5.15. The lowest BCUT2D eigenvalue weighted by Gasteiger charge is -2.34. The van der Waals surface area contributed by atoms with Crippen LogP contribution in [0, 0.1) is 0 Å². The molecule has 8 heteroatoms. The normalized spacial score (nSPS) is 13.7. The van der Waals surface area contributed by atoms with Crippen LogP contribution in [0.15, 0.2) is 60.9 Å². The van der Waals surface area contributed by atoms with Crippen LogP contribution in [0.3, 0.4) is 0 Å². The van der Waals surface area contributed by atoms with Crippen molar-refractivity contribution in [1.29, 1.82) is 0 Å². The Balaban J connectivity index is 1.40. The lowest BCUT2D eigenvalue weighted by Crippen LogP contribution is -2.49. The number of piperazine rings is 1. The highest BCUT2D eigenvalue weighted by atomic mass is 35.5. The van der Waals surface area contributed by atoms with Gasteiger partial charge in [-0.3, -0.25) is 4.79 Å². The molecule has 3 aromatic rings. The monoisotopic (exact) mass is 438 g/mol. The Bertz CT molecular complexity index is 1040. The van der Waals surface area contributed by atoms with E-state index in [1.54, 1.807) is 43.8 Å². The van der Waals surface area contributed by atoms with Crippen LogP contribution in [0.5, 0.6) is 11.5 Å². The number of aromatic nitrogens is 2. The summed E-state index contributed by atoms with van der Waals surface area (Å²) in [5.74, 6) is 1.72. The number of methoxy groups -OCH3 is 1. The number of anilines is 1. The van der Waals surface area contributed by atoms with Gasteiger partial charge < -0.3 is 19.3 Å². The van der Waals surface area contributed by atoms with Crippen molar-refractivity contribution in [3.63, 3.8) is 0 Å². The summed E-state index contributed by atoms with van der Waals surface area (Å²) in [6, 6.07) is 14.5. The fraction of sp³-hybridized carbons (Fsp3) is 0.261. The number of ether oxygens (including phenoxy) is 2. The van der Waals surface area contributed by atoms with Crippen molar-refractivity contribution in [1.82, 2.24) is 14.9 Å². The molecule has 1 aliphatic heterocycles. The average Bonchev–Trinajstić information content (AvgIpc) is 2.83. The Hall–Kier alpha value is -3.32. The molecule has 0 atom stereocenters. The molecule has 1 aromatic heterocycles. The highest BCUT2D eigenvalue weighted by molar-refractivity contribution is 6.31. The van der Waals surface area contributed by atoms with E-state index >= 15 is 0 Å². The molecule has 1 saturated heterocycles. The molecule has 160 valence electrons. The first-order chi connectivity index (χ1) is 15.2. The summed E-state index contributed by atoms with van der Waals surface area (Å²) in [5.41, 5.74) is 1.44. The van der Waals surface area contributed by atoms with Crippen molar-refractivity contribution in [2.45, 2.75) is 6.61 Å². The zero-order chi connectivity index (χ0) is 21.6. The van der Waals surface area contributed by atoms with Gasteiger partial charge in [0.05, 0.1) is 7.11 Å². The van der Waals surface area contributed by atoms with Gasteiger partial charge in [-0.25, -0.2) is 9.97 Å². The van der Waals surface area contributed by atoms with Crippen LogP contribution in [-0.4, -0.2) is 54.1 Å². The van der Waals surface area contributed by atoms with Crippen LogP contribution < -0.4 is 14.4 Å². The Morgan fingerprint density at radius 3 is 2.45 bits per heavy atom. The molecule has 1 fully saturated rings. The second-order valence-electron chi connectivity index (χ2n) is 7.07. The van der Waals surface area contributed by atoms with Crippen LogP contribution in [0.1, 0.15) is 15.9 Å². The van der Waals surface area contributed by atoms with E-state index in [1.807, 2.05) is 29.2 Å². The largest absolute Gasteiger partial charge is 0.493 e. The summed E-state index contributed by atoms with van der Waals surface area (Å²) in [4.78, 5) is 25.5. The summed E-state index contributed by atoms with van der Waals surface area (Å²) < 4.78 is 11.3. The first kappa shape index (κ1) is 20.9. The van der Waals surface area contributed by atoms with Crippen molar-refractivity contribution in [2.24, 2.45) is 0 Å². The number of hydrogen-bond acceptors (Lipinski definition) is 6. The molecule has 1 aliphatic rings. The Morgan fingerprint density at radius 1 is 1.00 bits per heavy atom. The molecule has 31 heavy (non-hydrogen) atoms. The molecule has 2 heterocycles. The van der Waals surface area contributed by atoms with Crippen LogP contribution >= 0.6 is 11.6 Å². The minimum absolute atomic E-state index is 0.0374. The minimum atomic E-state index is -0.0374. The highest BCUT2D eigenvalue weighted by Crippen LogP contribution is 2.30. The lowest BCUT2D eigenvalue weighted by atomic mass is 10.1. The number of benzene rings is 2. The van der Waals surface area contributed by atoms with Crippen molar-refractivity contribution in [3.8, 4) is 11.5 Å². The molecular weight excluding hydrogens is 416 g/mol. The molecule has 1 amide bonds. The Kier molecular flexibility index (Phi) is 6.52. The molecule has 0 bridgehead atoms. The molecular formula is C23H23ClN4O3. The van der Waals surface area contributed by atoms with Crippen LogP contribution in [0.4, 0.5) is 5.95 Å². The van der Waals surface area contributed by atoms with Gasteiger partial charge in [-0.2, -0.15) is 0 Å². The first-order valence-electron chi connectivity index (χ1n) is 10.0. The molecule has 7 nitrogen and oxygen atoms in total. The first-order valence-corrected chi connectivity index (χ1v) is 10.4. The summed E-state index contributed by atoms with van der Waals surface area (Å²) in [6.07, 6.45) is 3.45. The van der Waals surface area contributed by atoms with E-state index < -0.39 is 0 Å². The molecule has 0 aliphatic carbocycles. The van der Waals surface area contributed by atoms with Crippen LogP contribution in [0.2, 0.25) is 5.02 Å². The number of rotatable bonds is 6. The van der Waals surface area contributed by atoms with Crippen LogP contribution in [-0.2, 0) is 6.61 Å².